The predicted molar refractivity (Wildman–Crippen MR) is 97.6 cm³/mol. The molecule has 2 unspecified atom stereocenters. The minimum Gasteiger partial charge on any atom is -0.444 e. The summed E-state index contributed by atoms with van der Waals surface area (Å²) in [6.45, 7) is 17.2. The molecule has 3 saturated heterocycles. The van der Waals surface area contributed by atoms with Crippen molar-refractivity contribution < 1.29 is 18.8 Å². The summed E-state index contributed by atoms with van der Waals surface area (Å²) in [4.78, 5) is 14.3. The zero-order valence-corrected chi connectivity index (χ0v) is 16.8. The summed E-state index contributed by atoms with van der Waals surface area (Å²) >= 11 is 0. The van der Waals surface area contributed by atoms with Gasteiger partial charge in [-0.3, -0.25) is 0 Å². The van der Waals surface area contributed by atoms with Crippen LogP contribution in [0.2, 0.25) is 5.82 Å². The van der Waals surface area contributed by atoms with Gasteiger partial charge in [-0.25, -0.2) is 4.79 Å². The average Bonchev–Trinajstić information content (AvgIpc) is 3.08. The lowest BCUT2D eigenvalue weighted by atomic mass is 9.58. The smallest absolute Gasteiger partial charge is 0.444 e. The van der Waals surface area contributed by atoms with Crippen molar-refractivity contribution in [3.05, 3.63) is 0 Å². The molecule has 6 nitrogen and oxygen atoms in total. The number of hydrogen-bond acceptors (Lipinski definition) is 5. The van der Waals surface area contributed by atoms with Gasteiger partial charge in [0.2, 0.25) is 0 Å². The Labute approximate surface area is 152 Å². The van der Waals surface area contributed by atoms with E-state index in [4.69, 9.17) is 14.0 Å². The number of hydrogen-bond donors (Lipinski definition) is 1. The zero-order valence-electron chi connectivity index (χ0n) is 16.8. The molecular weight excluding hydrogens is 319 g/mol. The van der Waals surface area contributed by atoms with Gasteiger partial charge in [-0.05, 0) is 61.4 Å². The van der Waals surface area contributed by atoms with Gasteiger partial charge < -0.3 is 24.3 Å². The van der Waals surface area contributed by atoms with E-state index in [9.17, 15) is 4.79 Å². The van der Waals surface area contributed by atoms with Crippen LogP contribution in [0.5, 0.6) is 0 Å². The number of rotatable bonds is 1. The van der Waals surface area contributed by atoms with E-state index in [-0.39, 0.29) is 35.6 Å². The van der Waals surface area contributed by atoms with Gasteiger partial charge in [0.15, 0.2) is 0 Å². The van der Waals surface area contributed by atoms with Gasteiger partial charge >= 0.3 is 13.2 Å². The van der Waals surface area contributed by atoms with Crippen LogP contribution in [0.25, 0.3) is 0 Å². The normalized spacial score (nSPS) is 34.1. The van der Waals surface area contributed by atoms with Crippen LogP contribution in [0.3, 0.4) is 0 Å². The quantitative estimate of drug-likeness (QED) is 0.736. The van der Waals surface area contributed by atoms with Gasteiger partial charge in [-0.1, -0.05) is 0 Å². The van der Waals surface area contributed by atoms with Gasteiger partial charge in [0.25, 0.3) is 0 Å². The molecule has 25 heavy (non-hydrogen) atoms. The second-order valence-corrected chi connectivity index (χ2v) is 9.88. The third kappa shape index (κ3) is 3.43. The standard InChI is InChI=1S/C18H33BN2O4/c1-15(2,3)23-14(22)21-9-8-18(12-21)11-20-10-13(18)19-24-16(4,5)17(6,7)25-19/h13,20H,8-12H2,1-7H3. The second-order valence-electron chi connectivity index (χ2n) is 9.88. The first-order chi connectivity index (χ1) is 11.4. The number of carbonyl (C=O) groups excluding carboxylic acids is 1. The lowest BCUT2D eigenvalue weighted by Gasteiger charge is -2.32. The summed E-state index contributed by atoms with van der Waals surface area (Å²) in [7, 11) is -0.237. The van der Waals surface area contributed by atoms with Crippen LogP contribution in [0, 0.1) is 5.41 Å². The third-order valence-corrected chi connectivity index (χ3v) is 6.26. The minimum absolute atomic E-state index is 0.00191. The third-order valence-electron chi connectivity index (χ3n) is 6.26. The number of amides is 1. The van der Waals surface area contributed by atoms with Crippen molar-refractivity contribution in [2.24, 2.45) is 5.41 Å². The largest absolute Gasteiger partial charge is 0.463 e. The molecule has 0 aromatic rings. The van der Waals surface area contributed by atoms with E-state index in [0.717, 1.165) is 26.1 Å². The highest BCUT2D eigenvalue weighted by atomic mass is 16.7. The molecule has 3 fully saturated rings. The molecule has 3 aliphatic heterocycles. The van der Waals surface area contributed by atoms with Crippen LogP contribution in [0.4, 0.5) is 4.79 Å². The van der Waals surface area contributed by atoms with Crippen LogP contribution < -0.4 is 5.32 Å². The van der Waals surface area contributed by atoms with E-state index in [1.165, 1.54) is 0 Å². The van der Waals surface area contributed by atoms with E-state index in [0.29, 0.717) is 6.54 Å². The average molecular weight is 352 g/mol. The Balaban J connectivity index is 1.71. The van der Waals surface area contributed by atoms with Crippen LogP contribution >= 0.6 is 0 Å². The fourth-order valence-corrected chi connectivity index (χ4v) is 4.09. The molecule has 1 amide bonds. The van der Waals surface area contributed by atoms with E-state index >= 15 is 0 Å². The topological polar surface area (TPSA) is 60.0 Å². The Morgan fingerprint density at radius 1 is 1.20 bits per heavy atom. The molecule has 1 N–H and O–H groups in total. The summed E-state index contributed by atoms with van der Waals surface area (Å²) in [5.74, 6) is 0.237. The van der Waals surface area contributed by atoms with Gasteiger partial charge in [-0.2, -0.15) is 0 Å². The molecule has 0 aromatic carbocycles. The van der Waals surface area contributed by atoms with E-state index < -0.39 is 5.60 Å². The van der Waals surface area contributed by atoms with Crippen molar-refractivity contribution in [3.8, 4) is 0 Å². The Morgan fingerprint density at radius 2 is 1.80 bits per heavy atom. The molecule has 142 valence electrons. The summed E-state index contributed by atoms with van der Waals surface area (Å²) in [5, 5.41) is 3.51. The summed E-state index contributed by atoms with van der Waals surface area (Å²) in [6.07, 6.45) is 0.734. The number of likely N-dealkylation sites (tertiary alicyclic amines) is 1. The van der Waals surface area contributed by atoms with Crippen LogP contribution in [-0.4, -0.2) is 61.1 Å². The first-order valence-corrected chi connectivity index (χ1v) is 9.40. The first-order valence-electron chi connectivity index (χ1n) is 9.40. The lowest BCUT2D eigenvalue weighted by molar-refractivity contribution is 0.00578. The minimum atomic E-state index is -0.466. The van der Waals surface area contributed by atoms with Crippen LogP contribution in [-0.2, 0) is 14.0 Å². The maximum absolute atomic E-state index is 12.5. The van der Waals surface area contributed by atoms with Crippen molar-refractivity contribution in [1.29, 1.82) is 0 Å². The van der Waals surface area contributed by atoms with Crippen molar-refractivity contribution in [2.75, 3.05) is 26.2 Å². The molecule has 0 saturated carbocycles. The number of nitrogens with one attached hydrogen (secondary N) is 1. The lowest BCUT2D eigenvalue weighted by Crippen LogP contribution is -2.42. The number of ether oxygens (including phenoxy) is 1. The molecule has 2 atom stereocenters. The highest BCUT2D eigenvalue weighted by Crippen LogP contribution is 2.50. The molecule has 0 bridgehead atoms. The highest BCUT2D eigenvalue weighted by molar-refractivity contribution is 6.48. The van der Waals surface area contributed by atoms with Crippen molar-refractivity contribution in [2.45, 2.75) is 77.5 Å². The van der Waals surface area contributed by atoms with Crippen LogP contribution in [0.15, 0.2) is 0 Å². The van der Waals surface area contributed by atoms with E-state index in [2.05, 4.69) is 33.0 Å². The SMILES string of the molecule is CC(C)(C)OC(=O)N1CCC2(CNCC2B2OC(C)(C)C(C)(C)O2)C1. The van der Waals surface area contributed by atoms with Crippen molar-refractivity contribution >= 4 is 13.2 Å². The monoisotopic (exact) mass is 352 g/mol. The Bertz CT molecular complexity index is 530. The Hall–Kier alpha value is -0.785. The number of nitrogens with zero attached hydrogens (tertiary/aromatic N) is 1. The van der Waals surface area contributed by atoms with Gasteiger partial charge in [0.05, 0.1) is 11.2 Å². The second kappa shape index (κ2) is 5.86. The van der Waals surface area contributed by atoms with Crippen molar-refractivity contribution in [1.82, 2.24) is 10.2 Å². The molecule has 0 aromatic heterocycles. The molecule has 1 spiro atoms. The van der Waals surface area contributed by atoms with Gasteiger partial charge in [0.1, 0.15) is 5.60 Å². The van der Waals surface area contributed by atoms with E-state index in [1.54, 1.807) is 0 Å². The Morgan fingerprint density at radius 3 is 2.36 bits per heavy atom. The molecule has 3 heterocycles. The highest BCUT2D eigenvalue weighted by Gasteiger charge is 2.61. The molecule has 3 rings (SSSR count). The van der Waals surface area contributed by atoms with Gasteiger partial charge in [0, 0.05) is 30.9 Å². The van der Waals surface area contributed by atoms with E-state index in [1.807, 2.05) is 25.7 Å². The Kier molecular flexibility index (Phi) is 4.45. The van der Waals surface area contributed by atoms with Crippen molar-refractivity contribution in [3.63, 3.8) is 0 Å². The predicted octanol–water partition coefficient (Wildman–Crippen LogP) is 2.68. The summed E-state index contributed by atoms with van der Waals surface area (Å²) in [5.41, 5.74) is -1.13. The maximum Gasteiger partial charge on any atom is 0.463 e. The fraction of sp³-hybridized carbons (Fsp3) is 0.944. The molecule has 0 aliphatic carbocycles. The number of carbonyl (C=O) groups is 1. The zero-order chi connectivity index (χ0) is 18.7. The molecule has 3 aliphatic rings. The van der Waals surface area contributed by atoms with Crippen LogP contribution in [0.1, 0.15) is 54.9 Å². The van der Waals surface area contributed by atoms with Gasteiger partial charge in [-0.15, -0.1) is 0 Å². The first kappa shape index (κ1) is 19.0. The summed E-state index contributed by atoms with van der Waals surface area (Å²) < 4.78 is 18.2. The maximum atomic E-state index is 12.5. The summed E-state index contributed by atoms with van der Waals surface area (Å²) in [6, 6.07) is 0. The molecule has 0 radical (unpaired) electrons. The molecule has 7 heteroatoms. The molecular formula is C18H33BN2O4. The fourth-order valence-electron chi connectivity index (χ4n) is 4.09.